The predicted molar refractivity (Wildman–Crippen MR) is 67.1 cm³/mol. The molecule has 5 heteroatoms. The summed E-state index contributed by atoms with van der Waals surface area (Å²) in [5, 5.41) is 12.3. The molecule has 88 valence electrons. The molecule has 0 saturated heterocycles. The van der Waals surface area contributed by atoms with Gasteiger partial charge in [0.15, 0.2) is 0 Å². The van der Waals surface area contributed by atoms with Crippen molar-refractivity contribution in [1.29, 1.82) is 0 Å². The molecule has 3 N–H and O–H groups in total. The normalized spacial score (nSPS) is 10.0. The first-order chi connectivity index (χ1) is 8.16. The van der Waals surface area contributed by atoms with Crippen LogP contribution in [0.15, 0.2) is 30.3 Å². The van der Waals surface area contributed by atoms with Gasteiger partial charge in [0.05, 0.1) is 17.1 Å². The third-order valence-corrected chi connectivity index (χ3v) is 2.40. The summed E-state index contributed by atoms with van der Waals surface area (Å²) in [6.07, 6.45) is 0. The molecule has 0 aliphatic carbocycles. The van der Waals surface area contributed by atoms with Crippen molar-refractivity contribution < 1.29 is 4.79 Å². The molecule has 2 rings (SSSR count). The Morgan fingerprint density at radius 1 is 1.18 bits per heavy atom. The molecule has 0 aliphatic heterocycles. The third kappa shape index (κ3) is 2.63. The molecule has 1 aromatic heterocycles. The first-order valence-electron chi connectivity index (χ1n) is 5.31. The SMILES string of the molecule is Cc1n[nH]c(C)c1NC(=O)Nc1ccccc1. The Morgan fingerprint density at radius 3 is 2.47 bits per heavy atom. The number of carbonyl (C=O) groups excluding carboxylic acids is 1. The van der Waals surface area contributed by atoms with Gasteiger partial charge in [0.25, 0.3) is 0 Å². The van der Waals surface area contributed by atoms with Crippen LogP contribution in [0.2, 0.25) is 0 Å². The lowest BCUT2D eigenvalue weighted by Gasteiger charge is -2.07. The number of para-hydroxylation sites is 1. The molecule has 0 unspecified atom stereocenters. The van der Waals surface area contributed by atoms with Crippen LogP contribution in [-0.2, 0) is 0 Å². The lowest BCUT2D eigenvalue weighted by Crippen LogP contribution is -2.20. The van der Waals surface area contributed by atoms with E-state index in [4.69, 9.17) is 0 Å². The first-order valence-corrected chi connectivity index (χ1v) is 5.31. The van der Waals surface area contributed by atoms with Crippen molar-refractivity contribution in [2.45, 2.75) is 13.8 Å². The molecular formula is C12H14N4O. The van der Waals surface area contributed by atoms with Crippen molar-refractivity contribution in [1.82, 2.24) is 10.2 Å². The Morgan fingerprint density at radius 2 is 1.88 bits per heavy atom. The highest BCUT2D eigenvalue weighted by Crippen LogP contribution is 2.16. The summed E-state index contributed by atoms with van der Waals surface area (Å²) in [5.74, 6) is 0. The van der Waals surface area contributed by atoms with Gasteiger partial charge in [-0.25, -0.2) is 4.79 Å². The van der Waals surface area contributed by atoms with Gasteiger partial charge in [-0.2, -0.15) is 5.10 Å². The van der Waals surface area contributed by atoms with Crippen LogP contribution in [-0.4, -0.2) is 16.2 Å². The Balaban J connectivity index is 2.03. The number of carbonyl (C=O) groups is 1. The van der Waals surface area contributed by atoms with E-state index in [9.17, 15) is 4.79 Å². The number of nitrogens with one attached hydrogen (secondary N) is 3. The third-order valence-electron chi connectivity index (χ3n) is 2.40. The zero-order valence-electron chi connectivity index (χ0n) is 9.74. The van der Waals surface area contributed by atoms with Crippen LogP contribution < -0.4 is 10.6 Å². The molecule has 0 radical (unpaired) electrons. The Bertz CT molecular complexity index is 499. The van der Waals surface area contributed by atoms with Crippen LogP contribution in [0.5, 0.6) is 0 Å². The number of hydrogen-bond donors (Lipinski definition) is 3. The van der Waals surface area contributed by atoms with Gasteiger partial charge in [0.1, 0.15) is 0 Å². The van der Waals surface area contributed by atoms with E-state index in [1.165, 1.54) is 0 Å². The van der Waals surface area contributed by atoms with Gasteiger partial charge in [0, 0.05) is 5.69 Å². The second kappa shape index (κ2) is 4.69. The second-order valence-corrected chi connectivity index (χ2v) is 3.75. The molecule has 2 aromatic rings. The zero-order chi connectivity index (χ0) is 12.3. The van der Waals surface area contributed by atoms with Crippen molar-refractivity contribution in [3.05, 3.63) is 41.7 Å². The highest BCUT2D eigenvalue weighted by molar-refractivity contribution is 6.00. The Kier molecular flexibility index (Phi) is 3.09. The van der Waals surface area contributed by atoms with Crippen molar-refractivity contribution in [3.63, 3.8) is 0 Å². The molecule has 1 aromatic carbocycles. The number of urea groups is 1. The van der Waals surface area contributed by atoms with Gasteiger partial charge in [-0.05, 0) is 26.0 Å². The smallest absolute Gasteiger partial charge is 0.308 e. The summed E-state index contributed by atoms with van der Waals surface area (Å²) < 4.78 is 0. The molecule has 5 nitrogen and oxygen atoms in total. The van der Waals surface area contributed by atoms with Crippen LogP contribution in [0, 0.1) is 13.8 Å². The molecule has 0 atom stereocenters. The van der Waals surface area contributed by atoms with Gasteiger partial charge in [-0.15, -0.1) is 0 Å². The number of H-pyrrole nitrogens is 1. The minimum atomic E-state index is -0.274. The van der Waals surface area contributed by atoms with Crippen molar-refractivity contribution >= 4 is 17.4 Å². The largest absolute Gasteiger partial charge is 0.323 e. The van der Waals surface area contributed by atoms with E-state index in [0.717, 1.165) is 22.8 Å². The van der Waals surface area contributed by atoms with E-state index in [-0.39, 0.29) is 6.03 Å². The average Bonchev–Trinajstić information content (AvgIpc) is 2.62. The van der Waals surface area contributed by atoms with Crippen LogP contribution in [0.1, 0.15) is 11.4 Å². The molecule has 0 fully saturated rings. The maximum Gasteiger partial charge on any atom is 0.323 e. The molecule has 17 heavy (non-hydrogen) atoms. The van der Waals surface area contributed by atoms with Crippen molar-refractivity contribution in [3.8, 4) is 0 Å². The molecular weight excluding hydrogens is 216 g/mol. The van der Waals surface area contributed by atoms with Gasteiger partial charge in [-0.1, -0.05) is 18.2 Å². The van der Waals surface area contributed by atoms with Gasteiger partial charge >= 0.3 is 6.03 Å². The van der Waals surface area contributed by atoms with Crippen LogP contribution in [0.25, 0.3) is 0 Å². The highest BCUT2D eigenvalue weighted by atomic mass is 16.2. The minimum absolute atomic E-state index is 0.274. The number of aromatic amines is 1. The highest BCUT2D eigenvalue weighted by Gasteiger charge is 2.09. The summed E-state index contributed by atoms with van der Waals surface area (Å²) in [4.78, 5) is 11.7. The fraction of sp³-hybridized carbons (Fsp3) is 0.167. The van der Waals surface area contributed by atoms with E-state index in [0.29, 0.717) is 0 Å². The standard InChI is InChI=1S/C12H14N4O/c1-8-11(9(2)16-15-8)14-12(17)13-10-6-4-3-5-7-10/h3-7H,1-2H3,(H,15,16)(H2,13,14,17). The van der Waals surface area contributed by atoms with E-state index >= 15 is 0 Å². The fourth-order valence-electron chi connectivity index (χ4n) is 1.53. The maximum atomic E-state index is 11.7. The van der Waals surface area contributed by atoms with E-state index in [1.54, 1.807) is 0 Å². The summed E-state index contributed by atoms with van der Waals surface area (Å²) in [6.45, 7) is 3.69. The average molecular weight is 230 g/mol. The van der Waals surface area contributed by atoms with Crippen LogP contribution >= 0.6 is 0 Å². The Labute approximate surface area is 99.2 Å². The molecule has 1 heterocycles. The lowest BCUT2D eigenvalue weighted by molar-refractivity contribution is 0.262. The van der Waals surface area contributed by atoms with Crippen LogP contribution in [0.4, 0.5) is 16.2 Å². The summed E-state index contributed by atoms with van der Waals surface area (Å²) in [7, 11) is 0. The quantitative estimate of drug-likeness (QED) is 0.742. The number of benzene rings is 1. The van der Waals surface area contributed by atoms with Crippen molar-refractivity contribution in [2.75, 3.05) is 10.6 Å². The number of aryl methyl sites for hydroxylation is 2. The summed E-state index contributed by atoms with van der Waals surface area (Å²) >= 11 is 0. The maximum absolute atomic E-state index is 11.7. The van der Waals surface area contributed by atoms with E-state index in [1.807, 2.05) is 44.2 Å². The summed E-state index contributed by atoms with van der Waals surface area (Å²) in [5.41, 5.74) is 3.08. The zero-order valence-corrected chi connectivity index (χ0v) is 9.74. The summed E-state index contributed by atoms with van der Waals surface area (Å²) in [6, 6.07) is 9.01. The number of aromatic nitrogens is 2. The molecule has 0 aliphatic rings. The second-order valence-electron chi connectivity index (χ2n) is 3.75. The van der Waals surface area contributed by atoms with Gasteiger partial charge in [-0.3, -0.25) is 5.10 Å². The number of amides is 2. The number of hydrogen-bond acceptors (Lipinski definition) is 2. The number of anilines is 2. The van der Waals surface area contributed by atoms with Crippen molar-refractivity contribution in [2.24, 2.45) is 0 Å². The predicted octanol–water partition coefficient (Wildman–Crippen LogP) is 2.67. The molecule has 0 spiro atoms. The van der Waals surface area contributed by atoms with Gasteiger partial charge < -0.3 is 10.6 Å². The minimum Gasteiger partial charge on any atom is -0.308 e. The van der Waals surface area contributed by atoms with Gasteiger partial charge in [0.2, 0.25) is 0 Å². The Hall–Kier alpha value is -2.30. The fourth-order valence-corrected chi connectivity index (χ4v) is 1.53. The van der Waals surface area contributed by atoms with Crippen LogP contribution in [0.3, 0.4) is 0 Å². The molecule has 0 saturated carbocycles. The van der Waals surface area contributed by atoms with E-state index in [2.05, 4.69) is 20.8 Å². The first kappa shape index (κ1) is 11.2. The van der Waals surface area contributed by atoms with E-state index < -0.39 is 0 Å². The molecule has 0 bridgehead atoms. The lowest BCUT2D eigenvalue weighted by atomic mass is 10.3. The number of rotatable bonds is 2. The number of nitrogens with zero attached hydrogens (tertiary/aromatic N) is 1. The monoisotopic (exact) mass is 230 g/mol. The topological polar surface area (TPSA) is 69.8 Å². The molecule has 2 amide bonds.